The smallest absolute Gasteiger partial charge is 0.265 e. The highest BCUT2D eigenvalue weighted by Crippen LogP contribution is 2.37. The molecule has 5 nitrogen and oxygen atoms in total. The summed E-state index contributed by atoms with van der Waals surface area (Å²) in [6, 6.07) is 0.226. The minimum absolute atomic E-state index is 0.0873. The summed E-state index contributed by atoms with van der Waals surface area (Å²) in [4.78, 5) is 19.2. The monoisotopic (exact) mass is 296 g/mol. The van der Waals surface area contributed by atoms with E-state index in [1.165, 1.54) is 17.8 Å². The molecule has 1 heterocycles. The third-order valence-electron chi connectivity index (χ3n) is 4.21. The fourth-order valence-corrected chi connectivity index (χ4v) is 3.51. The van der Waals surface area contributed by atoms with Crippen molar-refractivity contribution in [3.05, 3.63) is 4.88 Å². The van der Waals surface area contributed by atoms with Crippen molar-refractivity contribution in [2.24, 2.45) is 5.41 Å². The lowest BCUT2D eigenvalue weighted by atomic mass is 9.87. The second kappa shape index (κ2) is 5.60. The van der Waals surface area contributed by atoms with Crippen molar-refractivity contribution in [2.75, 3.05) is 24.2 Å². The number of amides is 1. The average molecular weight is 296 g/mol. The van der Waals surface area contributed by atoms with Crippen LogP contribution in [0.15, 0.2) is 0 Å². The minimum atomic E-state index is -0.0873. The summed E-state index contributed by atoms with van der Waals surface area (Å²) in [6.07, 6.45) is 3.36. The van der Waals surface area contributed by atoms with Crippen LogP contribution in [0, 0.1) is 5.41 Å². The maximum absolute atomic E-state index is 12.4. The zero-order valence-electron chi connectivity index (χ0n) is 12.7. The summed E-state index contributed by atoms with van der Waals surface area (Å²) >= 11 is 1.36. The second-order valence-corrected chi connectivity index (χ2v) is 7.11. The van der Waals surface area contributed by atoms with Gasteiger partial charge in [-0.2, -0.15) is 0 Å². The SMILES string of the molecule is CCN(C)c1nc(N)c(C(=O)NC2CCCC2(C)C)s1. The first-order valence-corrected chi connectivity index (χ1v) is 7.95. The third-order valence-corrected chi connectivity index (χ3v) is 5.40. The molecular formula is C14H24N4OS. The molecule has 1 saturated carbocycles. The van der Waals surface area contributed by atoms with Crippen molar-refractivity contribution in [2.45, 2.75) is 46.1 Å². The molecule has 1 aromatic heterocycles. The second-order valence-electron chi connectivity index (χ2n) is 6.13. The predicted octanol–water partition coefficient (Wildman–Crippen LogP) is 2.49. The van der Waals surface area contributed by atoms with Crippen molar-refractivity contribution in [3.8, 4) is 0 Å². The molecule has 1 atom stereocenters. The zero-order valence-corrected chi connectivity index (χ0v) is 13.5. The number of anilines is 2. The molecule has 0 aliphatic heterocycles. The number of aromatic nitrogens is 1. The number of nitrogen functional groups attached to an aromatic ring is 1. The molecule has 3 N–H and O–H groups in total. The highest BCUT2D eigenvalue weighted by molar-refractivity contribution is 7.18. The van der Waals surface area contributed by atoms with E-state index in [4.69, 9.17) is 5.73 Å². The average Bonchev–Trinajstić information content (AvgIpc) is 2.92. The van der Waals surface area contributed by atoms with E-state index in [2.05, 4.69) is 24.1 Å². The maximum Gasteiger partial charge on any atom is 0.265 e. The number of nitrogens with two attached hydrogens (primary N) is 1. The molecule has 1 fully saturated rings. The first-order valence-electron chi connectivity index (χ1n) is 7.13. The number of hydrogen-bond donors (Lipinski definition) is 2. The Balaban J connectivity index is 2.11. The molecular weight excluding hydrogens is 272 g/mol. The highest BCUT2D eigenvalue weighted by atomic mass is 32.1. The molecule has 0 aromatic carbocycles. The molecule has 0 spiro atoms. The molecule has 6 heteroatoms. The Morgan fingerprint density at radius 1 is 1.60 bits per heavy atom. The summed E-state index contributed by atoms with van der Waals surface area (Å²) in [5, 5.41) is 3.92. The van der Waals surface area contributed by atoms with Gasteiger partial charge in [-0.25, -0.2) is 4.98 Å². The number of rotatable bonds is 4. The van der Waals surface area contributed by atoms with Gasteiger partial charge in [-0.3, -0.25) is 4.79 Å². The molecule has 0 radical (unpaired) electrons. The van der Waals surface area contributed by atoms with Gasteiger partial charge >= 0.3 is 0 Å². The first kappa shape index (κ1) is 15.1. The van der Waals surface area contributed by atoms with Gasteiger partial charge in [-0.1, -0.05) is 31.6 Å². The number of nitrogens with one attached hydrogen (secondary N) is 1. The Kier molecular flexibility index (Phi) is 4.22. The third kappa shape index (κ3) is 2.90. The lowest BCUT2D eigenvalue weighted by molar-refractivity contribution is 0.0915. The fraction of sp³-hybridized carbons (Fsp3) is 0.714. The molecule has 112 valence electrons. The van der Waals surface area contributed by atoms with Gasteiger partial charge in [0.15, 0.2) is 5.13 Å². The van der Waals surface area contributed by atoms with Crippen LogP contribution in [0.5, 0.6) is 0 Å². The van der Waals surface area contributed by atoms with Crippen molar-refractivity contribution in [1.29, 1.82) is 0 Å². The van der Waals surface area contributed by atoms with Crippen LogP contribution in [0.25, 0.3) is 0 Å². The first-order chi connectivity index (χ1) is 9.35. The Hall–Kier alpha value is -1.30. The van der Waals surface area contributed by atoms with Gasteiger partial charge in [0.2, 0.25) is 0 Å². The van der Waals surface area contributed by atoms with E-state index in [0.717, 1.165) is 24.5 Å². The van der Waals surface area contributed by atoms with Crippen molar-refractivity contribution in [3.63, 3.8) is 0 Å². The number of nitrogens with zero attached hydrogens (tertiary/aromatic N) is 2. The topological polar surface area (TPSA) is 71.2 Å². The van der Waals surface area contributed by atoms with Crippen molar-refractivity contribution < 1.29 is 4.79 Å². The molecule has 0 bridgehead atoms. The molecule has 1 unspecified atom stereocenters. The Morgan fingerprint density at radius 3 is 2.85 bits per heavy atom. The Labute approximate surface area is 124 Å². The van der Waals surface area contributed by atoms with Crippen LogP contribution in [0.1, 0.15) is 49.7 Å². The molecule has 20 heavy (non-hydrogen) atoms. The quantitative estimate of drug-likeness (QED) is 0.895. The summed E-state index contributed by atoms with van der Waals surface area (Å²) in [6.45, 7) is 7.29. The molecule has 1 aliphatic rings. The molecule has 0 saturated heterocycles. The van der Waals surface area contributed by atoms with Gasteiger partial charge in [0.05, 0.1) is 0 Å². The van der Waals surface area contributed by atoms with E-state index < -0.39 is 0 Å². The molecule has 1 amide bonds. The Bertz CT molecular complexity index is 497. The highest BCUT2D eigenvalue weighted by Gasteiger charge is 2.36. The normalized spacial score (nSPS) is 20.9. The van der Waals surface area contributed by atoms with Crippen LogP contribution in [0.3, 0.4) is 0 Å². The fourth-order valence-electron chi connectivity index (χ4n) is 2.60. The zero-order chi connectivity index (χ0) is 14.9. The summed E-state index contributed by atoms with van der Waals surface area (Å²) < 4.78 is 0. The van der Waals surface area contributed by atoms with Gasteiger partial charge in [0.25, 0.3) is 5.91 Å². The largest absolute Gasteiger partial charge is 0.382 e. The number of hydrogen-bond acceptors (Lipinski definition) is 5. The predicted molar refractivity (Wildman–Crippen MR) is 84.4 cm³/mol. The van der Waals surface area contributed by atoms with Gasteiger partial charge in [0, 0.05) is 19.6 Å². The van der Waals surface area contributed by atoms with E-state index in [1.54, 1.807) is 0 Å². The van der Waals surface area contributed by atoms with Crippen LogP contribution >= 0.6 is 11.3 Å². The van der Waals surface area contributed by atoms with Gasteiger partial charge in [-0.05, 0) is 25.2 Å². The van der Waals surface area contributed by atoms with Gasteiger partial charge in [-0.15, -0.1) is 0 Å². The van der Waals surface area contributed by atoms with Crippen LogP contribution in [0.4, 0.5) is 10.9 Å². The van der Waals surface area contributed by atoms with E-state index >= 15 is 0 Å². The van der Waals surface area contributed by atoms with Crippen LogP contribution < -0.4 is 16.0 Å². The molecule has 1 aromatic rings. The molecule has 1 aliphatic carbocycles. The number of carbonyl (C=O) groups excluding carboxylic acids is 1. The van der Waals surface area contributed by atoms with Crippen molar-refractivity contribution in [1.82, 2.24) is 10.3 Å². The van der Waals surface area contributed by atoms with E-state index in [9.17, 15) is 4.79 Å². The van der Waals surface area contributed by atoms with Crippen LogP contribution in [0.2, 0.25) is 0 Å². The summed E-state index contributed by atoms with van der Waals surface area (Å²) in [7, 11) is 1.94. The number of carbonyl (C=O) groups is 1. The van der Waals surface area contributed by atoms with Crippen LogP contribution in [-0.4, -0.2) is 30.5 Å². The van der Waals surface area contributed by atoms with Gasteiger partial charge < -0.3 is 16.0 Å². The van der Waals surface area contributed by atoms with E-state index in [0.29, 0.717) is 10.7 Å². The summed E-state index contributed by atoms with van der Waals surface area (Å²) in [5.41, 5.74) is 6.05. The summed E-state index contributed by atoms with van der Waals surface area (Å²) in [5.74, 6) is 0.245. The maximum atomic E-state index is 12.4. The van der Waals surface area contributed by atoms with E-state index in [1.807, 2.05) is 18.9 Å². The van der Waals surface area contributed by atoms with Gasteiger partial charge in [0.1, 0.15) is 10.7 Å². The number of thiazole rings is 1. The minimum Gasteiger partial charge on any atom is -0.382 e. The lowest BCUT2D eigenvalue weighted by Gasteiger charge is -2.27. The van der Waals surface area contributed by atoms with E-state index in [-0.39, 0.29) is 17.4 Å². The van der Waals surface area contributed by atoms with Crippen molar-refractivity contribution >= 4 is 28.2 Å². The standard InChI is InChI=1S/C14H24N4OS/c1-5-18(4)13-17-11(15)10(20-13)12(19)16-9-7-6-8-14(9,2)3/h9H,5-8,15H2,1-4H3,(H,16,19). The Morgan fingerprint density at radius 2 is 2.30 bits per heavy atom. The van der Waals surface area contributed by atoms with Crippen LogP contribution in [-0.2, 0) is 0 Å². The lowest BCUT2D eigenvalue weighted by Crippen LogP contribution is -2.41. The molecule has 2 rings (SSSR count).